The topological polar surface area (TPSA) is 76.2 Å². The van der Waals surface area contributed by atoms with Gasteiger partial charge in [-0.2, -0.15) is 5.10 Å². The van der Waals surface area contributed by atoms with E-state index >= 15 is 0 Å². The number of rotatable bonds is 2. The summed E-state index contributed by atoms with van der Waals surface area (Å²) < 4.78 is 10.2. The van der Waals surface area contributed by atoms with Crippen molar-refractivity contribution in [2.24, 2.45) is 0 Å². The monoisotopic (exact) mass is 251 g/mol. The standard InChI is InChI=1S/C12H17N3O3/c1-12(2,3)9-6-10(15-14-9)13-11(16)8-7-17-4-5-18-8/h6-7H,4-5H2,1-3H3,(H2,13,14,15,16). The molecule has 2 rings (SSSR count). The second-order valence-electron chi connectivity index (χ2n) is 5.07. The molecule has 1 aromatic heterocycles. The number of H-pyrrole nitrogens is 1. The van der Waals surface area contributed by atoms with Crippen LogP contribution in [-0.2, 0) is 19.7 Å². The molecule has 0 radical (unpaired) electrons. The van der Waals surface area contributed by atoms with Crippen LogP contribution in [0.4, 0.5) is 5.82 Å². The molecule has 1 aliphatic rings. The zero-order chi connectivity index (χ0) is 13.2. The molecule has 0 spiro atoms. The fourth-order valence-electron chi connectivity index (χ4n) is 1.44. The van der Waals surface area contributed by atoms with Crippen LogP contribution in [0.2, 0.25) is 0 Å². The molecule has 1 aliphatic heterocycles. The van der Waals surface area contributed by atoms with Gasteiger partial charge in [0.1, 0.15) is 19.5 Å². The van der Waals surface area contributed by atoms with Crippen LogP contribution in [0.15, 0.2) is 18.1 Å². The Hall–Kier alpha value is -1.98. The van der Waals surface area contributed by atoms with Gasteiger partial charge in [0, 0.05) is 17.2 Å². The predicted octanol–water partition coefficient (Wildman–Crippen LogP) is 1.53. The van der Waals surface area contributed by atoms with Gasteiger partial charge in [-0.3, -0.25) is 9.89 Å². The zero-order valence-corrected chi connectivity index (χ0v) is 10.7. The van der Waals surface area contributed by atoms with Crippen molar-refractivity contribution in [3.63, 3.8) is 0 Å². The van der Waals surface area contributed by atoms with Gasteiger partial charge in [-0.05, 0) is 0 Å². The summed E-state index contributed by atoms with van der Waals surface area (Å²) >= 11 is 0. The Bertz CT molecular complexity index is 471. The number of nitrogens with one attached hydrogen (secondary N) is 2. The molecule has 0 saturated carbocycles. The van der Waals surface area contributed by atoms with Gasteiger partial charge < -0.3 is 14.8 Å². The van der Waals surface area contributed by atoms with Gasteiger partial charge in [0.2, 0.25) is 5.76 Å². The first-order valence-electron chi connectivity index (χ1n) is 5.78. The van der Waals surface area contributed by atoms with Crippen molar-refractivity contribution in [2.75, 3.05) is 18.5 Å². The summed E-state index contributed by atoms with van der Waals surface area (Å²) in [5.74, 6) is 0.281. The molecule has 18 heavy (non-hydrogen) atoms. The summed E-state index contributed by atoms with van der Waals surface area (Å²) in [5, 5.41) is 9.58. The number of hydrogen-bond acceptors (Lipinski definition) is 4. The van der Waals surface area contributed by atoms with Crippen molar-refractivity contribution in [1.29, 1.82) is 0 Å². The molecular formula is C12H17N3O3. The number of carbonyl (C=O) groups is 1. The number of hydrogen-bond donors (Lipinski definition) is 2. The van der Waals surface area contributed by atoms with Gasteiger partial charge >= 0.3 is 0 Å². The third-order valence-electron chi connectivity index (χ3n) is 2.50. The Kier molecular flexibility index (Phi) is 3.27. The first kappa shape index (κ1) is 12.5. The summed E-state index contributed by atoms with van der Waals surface area (Å²) in [5.41, 5.74) is 0.910. The van der Waals surface area contributed by atoms with E-state index in [9.17, 15) is 4.79 Å². The van der Waals surface area contributed by atoms with Crippen LogP contribution in [0.1, 0.15) is 26.5 Å². The Balaban J connectivity index is 2.03. The highest BCUT2D eigenvalue weighted by Crippen LogP contribution is 2.22. The van der Waals surface area contributed by atoms with Crippen molar-refractivity contribution < 1.29 is 14.3 Å². The average Bonchev–Trinajstić information content (AvgIpc) is 2.78. The normalized spacial score (nSPS) is 15.4. The van der Waals surface area contributed by atoms with Crippen molar-refractivity contribution in [2.45, 2.75) is 26.2 Å². The molecule has 1 amide bonds. The lowest BCUT2D eigenvalue weighted by Gasteiger charge is -2.15. The van der Waals surface area contributed by atoms with Crippen LogP contribution in [0.5, 0.6) is 0 Å². The number of anilines is 1. The van der Waals surface area contributed by atoms with Crippen LogP contribution in [0.3, 0.4) is 0 Å². The lowest BCUT2D eigenvalue weighted by molar-refractivity contribution is -0.117. The largest absolute Gasteiger partial charge is 0.494 e. The van der Waals surface area contributed by atoms with Crippen LogP contribution >= 0.6 is 0 Å². The second-order valence-corrected chi connectivity index (χ2v) is 5.07. The van der Waals surface area contributed by atoms with Gasteiger partial charge in [0.05, 0.1) is 0 Å². The molecule has 1 aromatic rings. The van der Waals surface area contributed by atoms with Gasteiger partial charge in [0.25, 0.3) is 5.91 Å². The predicted molar refractivity (Wildman–Crippen MR) is 65.9 cm³/mol. The molecule has 0 aromatic carbocycles. The second kappa shape index (κ2) is 4.72. The van der Waals surface area contributed by atoms with Crippen molar-refractivity contribution in [3.8, 4) is 0 Å². The van der Waals surface area contributed by atoms with Crippen molar-refractivity contribution in [1.82, 2.24) is 10.2 Å². The number of nitrogens with zero attached hydrogens (tertiary/aromatic N) is 1. The molecule has 6 nitrogen and oxygen atoms in total. The molecule has 0 saturated heterocycles. The van der Waals surface area contributed by atoms with Gasteiger partial charge in [-0.25, -0.2) is 0 Å². The van der Waals surface area contributed by atoms with E-state index in [0.717, 1.165) is 5.69 Å². The van der Waals surface area contributed by atoms with E-state index < -0.39 is 0 Å². The first-order valence-corrected chi connectivity index (χ1v) is 5.78. The fourth-order valence-corrected chi connectivity index (χ4v) is 1.44. The lowest BCUT2D eigenvalue weighted by Crippen LogP contribution is -2.21. The fraction of sp³-hybridized carbons (Fsp3) is 0.500. The Labute approximate surface area is 105 Å². The molecule has 98 valence electrons. The zero-order valence-electron chi connectivity index (χ0n) is 10.7. The van der Waals surface area contributed by atoms with Gasteiger partial charge in [-0.15, -0.1) is 0 Å². The molecule has 6 heteroatoms. The molecule has 0 aliphatic carbocycles. The minimum absolute atomic E-state index is 0.0420. The SMILES string of the molecule is CC(C)(C)c1cc(NC(=O)C2=COCCO2)n[nH]1. The minimum Gasteiger partial charge on any atom is -0.494 e. The number of aromatic nitrogens is 2. The number of carbonyl (C=O) groups excluding carboxylic acids is 1. The summed E-state index contributed by atoms with van der Waals surface area (Å²) in [6, 6.07) is 1.81. The van der Waals surface area contributed by atoms with Crippen LogP contribution in [-0.4, -0.2) is 29.3 Å². The Morgan fingerprint density at radius 1 is 1.44 bits per heavy atom. The summed E-state index contributed by atoms with van der Waals surface area (Å²) in [4.78, 5) is 11.8. The molecule has 0 bridgehead atoms. The van der Waals surface area contributed by atoms with E-state index in [1.54, 1.807) is 0 Å². The molecule has 2 N–H and O–H groups in total. The van der Waals surface area contributed by atoms with E-state index in [4.69, 9.17) is 9.47 Å². The Morgan fingerprint density at radius 3 is 2.78 bits per heavy atom. The van der Waals surface area contributed by atoms with E-state index in [2.05, 4.69) is 36.3 Å². The van der Waals surface area contributed by atoms with Crippen LogP contribution in [0, 0.1) is 0 Å². The highest BCUT2D eigenvalue weighted by Gasteiger charge is 2.19. The summed E-state index contributed by atoms with van der Waals surface area (Å²) in [6.07, 6.45) is 1.32. The molecule has 0 atom stereocenters. The maximum Gasteiger partial charge on any atom is 0.295 e. The lowest BCUT2D eigenvalue weighted by atomic mass is 9.92. The third kappa shape index (κ3) is 2.82. The van der Waals surface area contributed by atoms with Crippen LogP contribution in [0.25, 0.3) is 0 Å². The maximum atomic E-state index is 11.8. The molecular weight excluding hydrogens is 234 g/mol. The van der Waals surface area contributed by atoms with Crippen LogP contribution < -0.4 is 5.32 Å². The number of amides is 1. The van der Waals surface area contributed by atoms with Gasteiger partial charge in [-0.1, -0.05) is 20.8 Å². The van der Waals surface area contributed by atoms with E-state index in [-0.39, 0.29) is 17.1 Å². The third-order valence-corrected chi connectivity index (χ3v) is 2.50. The minimum atomic E-state index is -0.360. The summed E-state index contributed by atoms with van der Waals surface area (Å²) in [7, 11) is 0. The molecule has 0 fully saturated rings. The van der Waals surface area contributed by atoms with E-state index in [1.807, 2.05) is 6.07 Å². The average molecular weight is 251 g/mol. The number of ether oxygens (including phenoxy) is 2. The first-order chi connectivity index (χ1) is 8.47. The van der Waals surface area contributed by atoms with E-state index in [1.165, 1.54) is 6.26 Å². The van der Waals surface area contributed by atoms with Crippen molar-refractivity contribution >= 4 is 11.7 Å². The highest BCUT2D eigenvalue weighted by atomic mass is 16.6. The van der Waals surface area contributed by atoms with Crippen molar-refractivity contribution in [3.05, 3.63) is 23.8 Å². The Morgan fingerprint density at radius 2 is 2.22 bits per heavy atom. The van der Waals surface area contributed by atoms with E-state index in [0.29, 0.717) is 19.0 Å². The number of aromatic amines is 1. The molecule has 0 unspecified atom stereocenters. The maximum absolute atomic E-state index is 11.8. The summed E-state index contributed by atoms with van der Waals surface area (Å²) in [6.45, 7) is 7.03. The van der Waals surface area contributed by atoms with Gasteiger partial charge in [0.15, 0.2) is 5.82 Å². The smallest absolute Gasteiger partial charge is 0.295 e. The highest BCUT2D eigenvalue weighted by molar-refractivity contribution is 6.01. The quantitative estimate of drug-likeness (QED) is 0.835. The molecule has 2 heterocycles.